The van der Waals surface area contributed by atoms with Crippen LogP contribution in [0.15, 0.2) is 36.8 Å². The lowest BCUT2D eigenvalue weighted by Crippen LogP contribution is -2.16. The number of aromatic nitrogens is 2. The van der Waals surface area contributed by atoms with Gasteiger partial charge in [-0.1, -0.05) is 6.07 Å². The molecule has 0 aliphatic carbocycles. The quantitative estimate of drug-likeness (QED) is 0.915. The second-order valence-electron chi connectivity index (χ2n) is 4.77. The molecule has 1 aromatic heterocycles. The summed E-state index contributed by atoms with van der Waals surface area (Å²) in [5.41, 5.74) is 2.33. The Kier molecular flexibility index (Phi) is 3.51. The van der Waals surface area contributed by atoms with Gasteiger partial charge in [0.25, 0.3) is 0 Å². The molecule has 1 aromatic carbocycles. The van der Waals surface area contributed by atoms with E-state index in [0.717, 1.165) is 18.0 Å². The molecule has 2 aromatic rings. The third-order valence-electron chi connectivity index (χ3n) is 3.49. The molecule has 0 saturated carbocycles. The molecule has 1 saturated heterocycles. The van der Waals surface area contributed by atoms with Crippen LogP contribution in [0.5, 0.6) is 5.75 Å². The maximum atomic E-state index is 5.56. The standard InChI is InChI=1S/C15H19N3O/c1-2-19-13-6-3-5-12(9-13)18-11-16-10-15(18)14-7-4-8-17-14/h3,5-6,9-11,14,17H,2,4,7-8H2,1H3/t14-/m0/s1. The maximum absolute atomic E-state index is 5.56. The first-order valence-electron chi connectivity index (χ1n) is 6.87. The van der Waals surface area contributed by atoms with E-state index in [9.17, 15) is 0 Å². The van der Waals surface area contributed by atoms with Crippen molar-refractivity contribution in [2.24, 2.45) is 0 Å². The van der Waals surface area contributed by atoms with Gasteiger partial charge < -0.3 is 14.6 Å². The Labute approximate surface area is 113 Å². The molecule has 100 valence electrons. The van der Waals surface area contributed by atoms with E-state index >= 15 is 0 Å². The normalized spacial score (nSPS) is 18.7. The molecule has 0 spiro atoms. The molecule has 0 radical (unpaired) electrons. The van der Waals surface area contributed by atoms with Crippen molar-refractivity contribution >= 4 is 0 Å². The lowest BCUT2D eigenvalue weighted by atomic mass is 10.1. The van der Waals surface area contributed by atoms with Gasteiger partial charge in [-0.3, -0.25) is 0 Å². The predicted molar refractivity (Wildman–Crippen MR) is 74.7 cm³/mol. The Hall–Kier alpha value is -1.81. The van der Waals surface area contributed by atoms with Crippen molar-refractivity contribution in [3.8, 4) is 11.4 Å². The minimum absolute atomic E-state index is 0.415. The summed E-state index contributed by atoms with van der Waals surface area (Å²) >= 11 is 0. The van der Waals surface area contributed by atoms with Crippen molar-refractivity contribution in [2.45, 2.75) is 25.8 Å². The fraction of sp³-hybridized carbons (Fsp3) is 0.400. The highest BCUT2D eigenvalue weighted by Gasteiger charge is 2.20. The fourth-order valence-corrected chi connectivity index (χ4v) is 2.61. The van der Waals surface area contributed by atoms with E-state index in [2.05, 4.69) is 27.0 Å². The van der Waals surface area contributed by atoms with E-state index < -0.39 is 0 Å². The van der Waals surface area contributed by atoms with Gasteiger partial charge in [0.15, 0.2) is 0 Å². The van der Waals surface area contributed by atoms with Crippen molar-refractivity contribution in [3.05, 3.63) is 42.5 Å². The van der Waals surface area contributed by atoms with E-state index in [1.807, 2.05) is 31.6 Å². The van der Waals surface area contributed by atoms with Gasteiger partial charge in [0.2, 0.25) is 0 Å². The lowest BCUT2D eigenvalue weighted by Gasteiger charge is -2.14. The van der Waals surface area contributed by atoms with Crippen LogP contribution in [-0.4, -0.2) is 22.7 Å². The molecule has 4 nitrogen and oxygen atoms in total. The summed E-state index contributed by atoms with van der Waals surface area (Å²) < 4.78 is 7.70. The topological polar surface area (TPSA) is 39.1 Å². The largest absolute Gasteiger partial charge is 0.494 e. The second kappa shape index (κ2) is 5.45. The van der Waals surface area contributed by atoms with E-state index in [1.54, 1.807) is 0 Å². The van der Waals surface area contributed by atoms with Crippen molar-refractivity contribution in [1.29, 1.82) is 0 Å². The highest BCUT2D eigenvalue weighted by atomic mass is 16.5. The van der Waals surface area contributed by atoms with E-state index in [0.29, 0.717) is 12.6 Å². The van der Waals surface area contributed by atoms with Gasteiger partial charge in [-0.25, -0.2) is 4.98 Å². The summed E-state index contributed by atoms with van der Waals surface area (Å²) in [7, 11) is 0. The van der Waals surface area contributed by atoms with Gasteiger partial charge >= 0.3 is 0 Å². The zero-order chi connectivity index (χ0) is 13.1. The number of hydrogen-bond donors (Lipinski definition) is 1. The van der Waals surface area contributed by atoms with Crippen LogP contribution in [0, 0.1) is 0 Å². The molecule has 0 unspecified atom stereocenters. The minimum atomic E-state index is 0.415. The van der Waals surface area contributed by atoms with Crippen molar-refractivity contribution in [1.82, 2.24) is 14.9 Å². The monoisotopic (exact) mass is 257 g/mol. The Morgan fingerprint density at radius 1 is 1.47 bits per heavy atom. The number of rotatable bonds is 4. The first-order valence-corrected chi connectivity index (χ1v) is 6.87. The van der Waals surface area contributed by atoms with Gasteiger partial charge in [0, 0.05) is 12.1 Å². The van der Waals surface area contributed by atoms with Crippen LogP contribution in [0.2, 0.25) is 0 Å². The average molecular weight is 257 g/mol. The highest BCUT2D eigenvalue weighted by molar-refractivity contribution is 5.41. The molecule has 1 N–H and O–H groups in total. The maximum Gasteiger partial charge on any atom is 0.121 e. The Balaban J connectivity index is 1.93. The minimum Gasteiger partial charge on any atom is -0.494 e. The molecule has 4 heteroatoms. The van der Waals surface area contributed by atoms with Crippen LogP contribution in [0.1, 0.15) is 31.5 Å². The van der Waals surface area contributed by atoms with E-state index in [4.69, 9.17) is 4.74 Å². The molecule has 1 atom stereocenters. The molecule has 0 amide bonds. The molecule has 19 heavy (non-hydrogen) atoms. The summed E-state index contributed by atoms with van der Waals surface area (Å²) in [5.74, 6) is 0.902. The third-order valence-corrected chi connectivity index (χ3v) is 3.49. The number of nitrogens with zero attached hydrogens (tertiary/aromatic N) is 2. The molecule has 1 aliphatic rings. The summed E-state index contributed by atoms with van der Waals surface area (Å²) in [5, 5.41) is 3.52. The van der Waals surface area contributed by atoms with E-state index in [1.165, 1.54) is 18.5 Å². The van der Waals surface area contributed by atoms with Crippen LogP contribution >= 0.6 is 0 Å². The number of benzene rings is 1. The average Bonchev–Trinajstić information content (AvgIpc) is 3.10. The second-order valence-corrected chi connectivity index (χ2v) is 4.77. The van der Waals surface area contributed by atoms with Crippen molar-refractivity contribution < 1.29 is 4.74 Å². The van der Waals surface area contributed by atoms with Crippen molar-refractivity contribution in [3.63, 3.8) is 0 Å². The molecular weight excluding hydrogens is 238 g/mol. The molecule has 3 rings (SSSR count). The summed E-state index contributed by atoms with van der Waals surface area (Å²) in [6, 6.07) is 8.56. The van der Waals surface area contributed by atoms with Crippen LogP contribution in [0.4, 0.5) is 0 Å². The zero-order valence-electron chi connectivity index (χ0n) is 11.2. The number of nitrogens with one attached hydrogen (secondary N) is 1. The van der Waals surface area contributed by atoms with Gasteiger partial charge in [-0.15, -0.1) is 0 Å². The van der Waals surface area contributed by atoms with Gasteiger partial charge in [-0.05, 0) is 38.4 Å². The van der Waals surface area contributed by atoms with E-state index in [-0.39, 0.29) is 0 Å². The van der Waals surface area contributed by atoms with Crippen LogP contribution < -0.4 is 10.1 Å². The molecular formula is C15H19N3O. The first kappa shape index (κ1) is 12.2. The summed E-state index contributed by atoms with van der Waals surface area (Å²) in [6.45, 7) is 3.77. The zero-order valence-corrected chi connectivity index (χ0v) is 11.2. The smallest absolute Gasteiger partial charge is 0.121 e. The third kappa shape index (κ3) is 2.49. The Morgan fingerprint density at radius 2 is 2.42 bits per heavy atom. The molecule has 2 heterocycles. The summed E-state index contributed by atoms with van der Waals surface area (Å²) in [4.78, 5) is 4.30. The van der Waals surface area contributed by atoms with Gasteiger partial charge in [0.1, 0.15) is 5.75 Å². The molecule has 1 aliphatic heterocycles. The lowest BCUT2D eigenvalue weighted by molar-refractivity contribution is 0.340. The van der Waals surface area contributed by atoms with Crippen LogP contribution in [0.3, 0.4) is 0 Å². The fourth-order valence-electron chi connectivity index (χ4n) is 2.61. The first-order chi connectivity index (χ1) is 9.38. The molecule has 1 fully saturated rings. The van der Waals surface area contributed by atoms with Crippen molar-refractivity contribution in [2.75, 3.05) is 13.2 Å². The van der Waals surface area contributed by atoms with Crippen LogP contribution in [0.25, 0.3) is 5.69 Å². The highest BCUT2D eigenvalue weighted by Crippen LogP contribution is 2.26. The van der Waals surface area contributed by atoms with Gasteiger partial charge in [-0.2, -0.15) is 0 Å². The predicted octanol–water partition coefficient (Wildman–Crippen LogP) is 2.70. The number of imidazole rings is 1. The number of hydrogen-bond acceptors (Lipinski definition) is 3. The Morgan fingerprint density at radius 3 is 3.21 bits per heavy atom. The van der Waals surface area contributed by atoms with Gasteiger partial charge in [0.05, 0.1) is 30.5 Å². The SMILES string of the molecule is CCOc1cccc(-n2cncc2[C@@H]2CCCN2)c1. The molecule has 0 bridgehead atoms. The number of ether oxygens (including phenoxy) is 1. The van der Waals surface area contributed by atoms with Crippen LogP contribution in [-0.2, 0) is 0 Å². The summed E-state index contributed by atoms with van der Waals surface area (Å²) in [6.07, 6.45) is 6.24. The Bertz CT molecular complexity index is 544.